The molecule has 0 spiro atoms. The highest BCUT2D eigenvalue weighted by Crippen LogP contribution is 2.29. The minimum Gasteiger partial charge on any atom is -0.455 e. The van der Waals surface area contributed by atoms with E-state index in [0.717, 1.165) is 25.4 Å². The van der Waals surface area contributed by atoms with Crippen molar-refractivity contribution >= 4 is 11.6 Å². The van der Waals surface area contributed by atoms with E-state index in [-0.39, 0.29) is 5.91 Å². The first-order chi connectivity index (χ1) is 13.8. The van der Waals surface area contributed by atoms with Crippen molar-refractivity contribution in [1.82, 2.24) is 4.90 Å². The lowest BCUT2D eigenvalue weighted by atomic mass is 10.1. The van der Waals surface area contributed by atoms with Crippen LogP contribution < -0.4 is 10.1 Å². The van der Waals surface area contributed by atoms with Gasteiger partial charge in [0.15, 0.2) is 5.75 Å². The molecule has 0 aromatic heterocycles. The van der Waals surface area contributed by atoms with Gasteiger partial charge in [0.1, 0.15) is 5.75 Å². The van der Waals surface area contributed by atoms with Gasteiger partial charge in [0.05, 0.1) is 5.69 Å². The third kappa shape index (κ3) is 4.59. The molecule has 0 saturated carbocycles. The molecule has 4 rings (SSSR count). The number of benzene rings is 3. The molecule has 4 heteroatoms. The summed E-state index contributed by atoms with van der Waals surface area (Å²) in [6.45, 7) is 3.18. The maximum Gasteiger partial charge on any atom is 0.255 e. The third-order valence-corrected chi connectivity index (χ3v) is 4.90. The molecule has 3 aromatic carbocycles. The molecule has 0 bridgehead atoms. The number of likely N-dealkylation sites (tertiary alicyclic amines) is 1. The van der Waals surface area contributed by atoms with E-state index in [0.29, 0.717) is 17.0 Å². The van der Waals surface area contributed by atoms with Gasteiger partial charge in [-0.3, -0.25) is 9.69 Å². The Balaban J connectivity index is 1.48. The lowest BCUT2D eigenvalue weighted by Crippen LogP contribution is -2.19. The van der Waals surface area contributed by atoms with Crippen LogP contribution in [-0.4, -0.2) is 23.9 Å². The highest BCUT2D eigenvalue weighted by atomic mass is 16.5. The Morgan fingerprint density at radius 3 is 2.46 bits per heavy atom. The van der Waals surface area contributed by atoms with Gasteiger partial charge < -0.3 is 10.1 Å². The van der Waals surface area contributed by atoms with Crippen LogP contribution in [0.3, 0.4) is 0 Å². The van der Waals surface area contributed by atoms with Gasteiger partial charge >= 0.3 is 0 Å². The molecule has 3 aromatic rings. The molecule has 1 amide bonds. The van der Waals surface area contributed by atoms with Crippen molar-refractivity contribution in [2.45, 2.75) is 19.4 Å². The number of hydrogen-bond acceptors (Lipinski definition) is 3. The summed E-state index contributed by atoms with van der Waals surface area (Å²) in [4.78, 5) is 15.3. The molecule has 142 valence electrons. The Labute approximate surface area is 165 Å². The fourth-order valence-corrected chi connectivity index (χ4v) is 3.48. The van der Waals surface area contributed by atoms with Gasteiger partial charge in [-0.2, -0.15) is 0 Å². The summed E-state index contributed by atoms with van der Waals surface area (Å²) in [7, 11) is 0. The van der Waals surface area contributed by atoms with E-state index in [9.17, 15) is 4.79 Å². The number of nitrogens with zero attached hydrogens (tertiary/aromatic N) is 1. The summed E-state index contributed by atoms with van der Waals surface area (Å²) in [5, 5.41) is 2.99. The number of carbonyl (C=O) groups is 1. The van der Waals surface area contributed by atoms with E-state index < -0.39 is 0 Å². The lowest BCUT2D eigenvalue weighted by molar-refractivity contribution is 0.102. The first kappa shape index (κ1) is 18.3. The molecule has 1 aliphatic heterocycles. The molecule has 1 heterocycles. The second-order valence-electron chi connectivity index (χ2n) is 7.05. The van der Waals surface area contributed by atoms with Crippen molar-refractivity contribution in [3.63, 3.8) is 0 Å². The van der Waals surface area contributed by atoms with E-state index in [4.69, 9.17) is 4.74 Å². The Morgan fingerprint density at radius 2 is 1.64 bits per heavy atom. The number of hydrogen-bond donors (Lipinski definition) is 1. The molecular weight excluding hydrogens is 348 g/mol. The zero-order chi connectivity index (χ0) is 19.2. The van der Waals surface area contributed by atoms with Crippen LogP contribution in [0.1, 0.15) is 28.8 Å². The summed E-state index contributed by atoms with van der Waals surface area (Å²) >= 11 is 0. The van der Waals surface area contributed by atoms with Crippen molar-refractivity contribution in [3.05, 3.63) is 90.0 Å². The quantitative estimate of drug-likeness (QED) is 0.636. The zero-order valence-corrected chi connectivity index (χ0v) is 15.8. The number of carbonyl (C=O) groups excluding carboxylic acids is 1. The van der Waals surface area contributed by atoms with E-state index in [2.05, 4.69) is 16.3 Å². The number of anilines is 1. The predicted molar refractivity (Wildman–Crippen MR) is 112 cm³/mol. The van der Waals surface area contributed by atoms with Crippen LogP contribution >= 0.6 is 0 Å². The molecule has 1 fully saturated rings. The van der Waals surface area contributed by atoms with Crippen molar-refractivity contribution in [1.29, 1.82) is 0 Å². The number of amides is 1. The average molecular weight is 372 g/mol. The largest absolute Gasteiger partial charge is 0.455 e. The second kappa shape index (κ2) is 8.72. The summed E-state index contributed by atoms with van der Waals surface area (Å²) in [5.41, 5.74) is 2.48. The summed E-state index contributed by atoms with van der Waals surface area (Å²) in [6, 6.07) is 24.9. The van der Waals surface area contributed by atoms with Crippen LogP contribution in [0.25, 0.3) is 0 Å². The topological polar surface area (TPSA) is 41.6 Å². The molecule has 1 N–H and O–H groups in total. The van der Waals surface area contributed by atoms with Crippen molar-refractivity contribution in [2.24, 2.45) is 0 Å². The van der Waals surface area contributed by atoms with Crippen LogP contribution in [0, 0.1) is 0 Å². The number of nitrogens with one attached hydrogen (secondary N) is 1. The van der Waals surface area contributed by atoms with Crippen LogP contribution in [0.15, 0.2) is 78.9 Å². The molecule has 1 saturated heterocycles. The first-order valence-corrected chi connectivity index (χ1v) is 9.72. The standard InChI is InChI=1S/C24H24N2O2/c27-24(20-10-8-9-19(17-20)18-26-15-6-7-16-26)25-22-13-4-5-14-23(22)28-21-11-2-1-3-12-21/h1-5,8-14,17H,6-7,15-16,18H2,(H,25,27). The molecule has 28 heavy (non-hydrogen) atoms. The average Bonchev–Trinajstić information content (AvgIpc) is 3.23. The number of rotatable bonds is 6. The molecule has 0 radical (unpaired) electrons. The molecule has 0 aliphatic carbocycles. The fraction of sp³-hybridized carbons (Fsp3) is 0.208. The minimum absolute atomic E-state index is 0.132. The van der Waals surface area contributed by atoms with Gasteiger partial charge in [-0.05, 0) is 67.9 Å². The third-order valence-electron chi connectivity index (χ3n) is 4.90. The monoisotopic (exact) mass is 372 g/mol. The molecule has 1 aliphatic rings. The highest BCUT2D eigenvalue weighted by Gasteiger charge is 2.14. The van der Waals surface area contributed by atoms with Crippen molar-refractivity contribution in [2.75, 3.05) is 18.4 Å². The first-order valence-electron chi connectivity index (χ1n) is 9.72. The normalized spacial score (nSPS) is 14.0. The molecule has 0 atom stereocenters. The number of ether oxygens (including phenoxy) is 1. The Morgan fingerprint density at radius 1 is 0.893 bits per heavy atom. The van der Waals surface area contributed by atoms with Gasteiger partial charge in [-0.25, -0.2) is 0 Å². The minimum atomic E-state index is -0.132. The van der Waals surface area contributed by atoms with Crippen LogP contribution in [0.4, 0.5) is 5.69 Å². The summed E-state index contributed by atoms with van der Waals surface area (Å²) in [6.07, 6.45) is 2.52. The Kier molecular flexibility index (Phi) is 5.69. The maximum absolute atomic E-state index is 12.8. The predicted octanol–water partition coefficient (Wildman–Crippen LogP) is 5.33. The van der Waals surface area contributed by atoms with E-state index in [1.807, 2.05) is 72.8 Å². The van der Waals surface area contributed by atoms with Crippen molar-refractivity contribution in [3.8, 4) is 11.5 Å². The Bertz CT molecular complexity index is 934. The highest BCUT2D eigenvalue weighted by molar-refractivity contribution is 6.05. The molecular formula is C24H24N2O2. The van der Waals surface area contributed by atoms with Gasteiger partial charge in [0.2, 0.25) is 0 Å². The second-order valence-corrected chi connectivity index (χ2v) is 7.05. The number of para-hydroxylation sites is 3. The smallest absolute Gasteiger partial charge is 0.255 e. The molecule has 4 nitrogen and oxygen atoms in total. The zero-order valence-electron chi connectivity index (χ0n) is 15.8. The van der Waals surface area contributed by atoms with Crippen LogP contribution in [0.5, 0.6) is 11.5 Å². The molecule has 0 unspecified atom stereocenters. The van der Waals surface area contributed by atoms with Gasteiger partial charge in [-0.1, -0.05) is 42.5 Å². The van der Waals surface area contributed by atoms with Crippen LogP contribution in [0.2, 0.25) is 0 Å². The van der Waals surface area contributed by atoms with Crippen molar-refractivity contribution < 1.29 is 9.53 Å². The SMILES string of the molecule is O=C(Nc1ccccc1Oc1ccccc1)c1cccc(CN2CCCC2)c1. The fourth-order valence-electron chi connectivity index (χ4n) is 3.48. The van der Waals surface area contributed by atoms with Gasteiger partial charge in [-0.15, -0.1) is 0 Å². The summed E-state index contributed by atoms with van der Waals surface area (Å²) in [5.74, 6) is 1.22. The van der Waals surface area contributed by atoms with Gasteiger partial charge in [0, 0.05) is 12.1 Å². The summed E-state index contributed by atoms with van der Waals surface area (Å²) < 4.78 is 5.94. The van der Waals surface area contributed by atoms with E-state index in [1.54, 1.807) is 0 Å². The van der Waals surface area contributed by atoms with Gasteiger partial charge in [0.25, 0.3) is 5.91 Å². The van der Waals surface area contributed by atoms with E-state index >= 15 is 0 Å². The van der Waals surface area contributed by atoms with Crippen LogP contribution in [-0.2, 0) is 6.54 Å². The maximum atomic E-state index is 12.8. The lowest BCUT2D eigenvalue weighted by Gasteiger charge is -2.15. The Hall–Kier alpha value is -3.11. The van der Waals surface area contributed by atoms with E-state index in [1.165, 1.54) is 18.4 Å².